The molecular formula is C15H19Br2N3O. The van der Waals surface area contributed by atoms with Crippen molar-refractivity contribution in [1.29, 1.82) is 0 Å². The van der Waals surface area contributed by atoms with E-state index >= 15 is 0 Å². The monoisotopic (exact) mass is 415 g/mol. The average molecular weight is 417 g/mol. The summed E-state index contributed by atoms with van der Waals surface area (Å²) in [4.78, 5) is 0. The zero-order chi connectivity index (χ0) is 15.2. The summed E-state index contributed by atoms with van der Waals surface area (Å²) < 4.78 is 9.30. The Labute approximate surface area is 142 Å². The summed E-state index contributed by atoms with van der Waals surface area (Å²) in [6.07, 6.45) is 2.73. The molecule has 0 bridgehead atoms. The molecular weight excluding hydrogens is 398 g/mol. The van der Waals surface area contributed by atoms with Crippen molar-refractivity contribution in [2.75, 3.05) is 20.8 Å². The minimum absolute atomic E-state index is 0.178. The summed E-state index contributed by atoms with van der Waals surface area (Å²) >= 11 is 7.22. The van der Waals surface area contributed by atoms with Gasteiger partial charge in [0.25, 0.3) is 0 Å². The van der Waals surface area contributed by atoms with Crippen molar-refractivity contribution in [1.82, 2.24) is 15.1 Å². The molecule has 2 aromatic rings. The maximum Gasteiger partial charge on any atom is 0.0699 e. The van der Waals surface area contributed by atoms with Gasteiger partial charge in [0.05, 0.1) is 35.6 Å². The Balaban J connectivity index is 2.25. The van der Waals surface area contributed by atoms with Crippen molar-refractivity contribution in [3.8, 4) is 0 Å². The minimum atomic E-state index is 0.178. The zero-order valence-electron chi connectivity index (χ0n) is 12.1. The van der Waals surface area contributed by atoms with Gasteiger partial charge in [-0.2, -0.15) is 5.10 Å². The van der Waals surface area contributed by atoms with Crippen LogP contribution in [-0.4, -0.2) is 30.5 Å². The van der Waals surface area contributed by atoms with Gasteiger partial charge in [-0.25, -0.2) is 0 Å². The molecule has 2 rings (SSSR count). The summed E-state index contributed by atoms with van der Waals surface area (Å²) in [5.41, 5.74) is 2.41. The number of methoxy groups -OCH3 is 1. The SMILES string of the molecule is CNC(Cc1ccccc1Br)c1c(Br)cnn1CCOC. The molecule has 0 saturated heterocycles. The van der Waals surface area contributed by atoms with Crippen LogP contribution in [0.25, 0.3) is 0 Å². The molecule has 1 heterocycles. The summed E-state index contributed by atoms with van der Waals surface area (Å²) in [5, 5.41) is 7.81. The topological polar surface area (TPSA) is 39.1 Å². The molecule has 21 heavy (non-hydrogen) atoms. The Kier molecular flexibility index (Phi) is 6.41. The van der Waals surface area contributed by atoms with Gasteiger partial charge in [-0.3, -0.25) is 4.68 Å². The number of benzene rings is 1. The highest BCUT2D eigenvalue weighted by Gasteiger charge is 2.19. The maximum absolute atomic E-state index is 5.16. The van der Waals surface area contributed by atoms with Gasteiger partial charge in [0.15, 0.2) is 0 Å². The molecule has 0 radical (unpaired) electrons. The second kappa shape index (κ2) is 8.08. The first kappa shape index (κ1) is 16.7. The number of ether oxygens (including phenoxy) is 1. The van der Waals surface area contributed by atoms with Gasteiger partial charge >= 0.3 is 0 Å². The third-order valence-electron chi connectivity index (χ3n) is 3.40. The van der Waals surface area contributed by atoms with E-state index in [2.05, 4.69) is 60.5 Å². The number of hydrogen-bond acceptors (Lipinski definition) is 3. The number of nitrogens with zero attached hydrogens (tertiary/aromatic N) is 2. The van der Waals surface area contributed by atoms with Crippen molar-refractivity contribution in [2.45, 2.75) is 19.0 Å². The number of likely N-dealkylation sites (N-methyl/N-ethyl adjacent to an activating group) is 1. The van der Waals surface area contributed by atoms with E-state index in [1.807, 2.05) is 24.0 Å². The predicted molar refractivity (Wildman–Crippen MR) is 91.4 cm³/mol. The number of halogens is 2. The van der Waals surface area contributed by atoms with Crippen molar-refractivity contribution >= 4 is 31.9 Å². The van der Waals surface area contributed by atoms with E-state index in [4.69, 9.17) is 4.74 Å². The van der Waals surface area contributed by atoms with E-state index in [9.17, 15) is 0 Å². The molecule has 4 nitrogen and oxygen atoms in total. The van der Waals surface area contributed by atoms with Gasteiger partial charge in [0, 0.05) is 11.6 Å². The highest BCUT2D eigenvalue weighted by atomic mass is 79.9. The lowest BCUT2D eigenvalue weighted by Crippen LogP contribution is -2.24. The Morgan fingerprint density at radius 3 is 2.71 bits per heavy atom. The van der Waals surface area contributed by atoms with Gasteiger partial charge < -0.3 is 10.1 Å². The van der Waals surface area contributed by atoms with Gasteiger partial charge in [-0.1, -0.05) is 34.1 Å². The molecule has 1 atom stereocenters. The van der Waals surface area contributed by atoms with E-state index in [1.165, 1.54) is 5.56 Å². The fourth-order valence-corrected chi connectivity index (χ4v) is 3.31. The van der Waals surface area contributed by atoms with Crippen LogP contribution in [0, 0.1) is 0 Å². The van der Waals surface area contributed by atoms with Crippen LogP contribution in [0.2, 0.25) is 0 Å². The molecule has 0 spiro atoms. The summed E-state index contributed by atoms with van der Waals surface area (Å²) in [5.74, 6) is 0. The van der Waals surface area contributed by atoms with Crippen LogP contribution in [0.3, 0.4) is 0 Å². The van der Waals surface area contributed by atoms with Crippen LogP contribution in [0.5, 0.6) is 0 Å². The van der Waals surface area contributed by atoms with E-state index in [0.717, 1.165) is 27.6 Å². The van der Waals surface area contributed by atoms with Crippen LogP contribution >= 0.6 is 31.9 Å². The van der Waals surface area contributed by atoms with E-state index in [0.29, 0.717) is 6.61 Å². The third-order valence-corrected chi connectivity index (χ3v) is 4.79. The molecule has 1 N–H and O–H groups in total. The minimum Gasteiger partial charge on any atom is -0.383 e. The quantitative estimate of drug-likeness (QED) is 0.749. The summed E-state index contributed by atoms with van der Waals surface area (Å²) in [7, 11) is 3.68. The Morgan fingerprint density at radius 2 is 2.05 bits per heavy atom. The summed E-state index contributed by atoms with van der Waals surface area (Å²) in [6, 6.07) is 8.47. The standard InChI is InChI=1S/C15H19Br2N3O/c1-18-14(9-11-5-3-4-6-12(11)16)15-13(17)10-19-20(15)7-8-21-2/h3-6,10,14,18H,7-9H2,1-2H3. The maximum atomic E-state index is 5.16. The Morgan fingerprint density at radius 1 is 1.29 bits per heavy atom. The molecule has 0 aliphatic heterocycles. The predicted octanol–water partition coefficient (Wildman–Crippen LogP) is 3.56. The number of rotatable bonds is 7. The van der Waals surface area contributed by atoms with Crippen LogP contribution in [0.1, 0.15) is 17.3 Å². The molecule has 1 aromatic carbocycles. The smallest absolute Gasteiger partial charge is 0.0699 e. The van der Waals surface area contributed by atoms with Crippen molar-refractivity contribution in [3.63, 3.8) is 0 Å². The van der Waals surface area contributed by atoms with Crippen molar-refractivity contribution in [3.05, 3.63) is 50.7 Å². The lowest BCUT2D eigenvalue weighted by molar-refractivity contribution is 0.181. The number of nitrogens with one attached hydrogen (secondary N) is 1. The molecule has 0 fully saturated rings. The lowest BCUT2D eigenvalue weighted by Gasteiger charge is -2.19. The fourth-order valence-electron chi connectivity index (χ4n) is 2.29. The first-order valence-electron chi connectivity index (χ1n) is 6.78. The number of hydrogen-bond donors (Lipinski definition) is 1. The van der Waals surface area contributed by atoms with Crippen LogP contribution in [0.4, 0.5) is 0 Å². The second-order valence-corrected chi connectivity index (χ2v) is 6.44. The van der Waals surface area contributed by atoms with Crippen molar-refractivity contribution < 1.29 is 4.74 Å². The highest BCUT2D eigenvalue weighted by Crippen LogP contribution is 2.28. The van der Waals surface area contributed by atoms with Crippen LogP contribution in [0.15, 0.2) is 39.4 Å². The molecule has 1 aromatic heterocycles. The lowest BCUT2D eigenvalue weighted by atomic mass is 10.0. The van der Waals surface area contributed by atoms with E-state index < -0.39 is 0 Å². The Hall–Kier alpha value is -0.690. The molecule has 0 amide bonds. The van der Waals surface area contributed by atoms with E-state index in [1.54, 1.807) is 7.11 Å². The fraction of sp³-hybridized carbons (Fsp3) is 0.400. The first-order valence-corrected chi connectivity index (χ1v) is 8.36. The molecule has 114 valence electrons. The second-order valence-electron chi connectivity index (χ2n) is 4.73. The van der Waals surface area contributed by atoms with Crippen LogP contribution in [-0.2, 0) is 17.7 Å². The average Bonchev–Trinajstić information content (AvgIpc) is 2.85. The van der Waals surface area contributed by atoms with Gasteiger partial charge in [0.2, 0.25) is 0 Å². The Bertz CT molecular complexity index is 586. The highest BCUT2D eigenvalue weighted by molar-refractivity contribution is 9.10. The van der Waals surface area contributed by atoms with Gasteiger partial charge in [0.1, 0.15) is 0 Å². The largest absolute Gasteiger partial charge is 0.383 e. The molecule has 1 unspecified atom stereocenters. The molecule has 6 heteroatoms. The molecule has 0 aliphatic carbocycles. The van der Waals surface area contributed by atoms with Crippen molar-refractivity contribution in [2.24, 2.45) is 0 Å². The molecule has 0 aliphatic rings. The first-order chi connectivity index (χ1) is 10.2. The van der Waals surface area contributed by atoms with Gasteiger partial charge in [-0.05, 0) is 41.0 Å². The summed E-state index contributed by atoms with van der Waals surface area (Å²) in [6.45, 7) is 1.39. The number of aromatic nitrogens is 2. The zero-order valence-corrected chi connectivity index (χ0v) is 15.3. The third kappa shape index (κ3) is 4.16. The normalized spacial score (nSPS) is 12.6. The van der Waals surface area contributed by atoms with Gasteiger partial charge in [-0.15, -0.1) is 0 Å². The molecule has 0 saturated carbocycles. The van der Waals surface area contributed by atoms with E-state index in [-0.39, 0.29) is 6.04 Å². The van der Waals surface area contributed by atoms with Crippen LogP contribution < -0.4 is 5.32 Å².